The molecule has 6 heteroatoms. The minimum Gasteiger partial charge on any atom is -0.383 e. The summed E-state index contributed by atoms with van der Waals surface area (Å²) >= 11 is 1.52. The second kappa shape index (κ2) is 6.10. The van der Waals surface area contributed by atoms with E-state index in [0.29, 0.717) is 17.4 Å². The summed E-state index contributed by atoms with van der Waals surface area (Å²) in [6.07, 6.45) is 3.03. The molecule has 1 fully saturated rings. The van der Waals surface area contributed by atoms with Crippen molar-refractivity contribution in [2.24, 2.45) is 0 Å². The second-order valence-corrected chi connectivity index (χ2v) is 8.47. The number of hydrogen-bond acceptors (Lipinski definition) is 6. The molecule has 2 aromatic heterocycles. The Bertz CT molecular complexity index is 984. The van der Waals surface area contributed by atoms with Gasteiger partial charge in [-0.25, -0.2) is 4.98 Å². The third-order valence-electron chi connectivity index (χ3n) is 4.83. The van der Waals surface area contributed by atoms with E-state index in [0.717, 1.165) is 45.8 Å². The maximum atomic E-state index is 9.81. The van der Waals surface area contributed by atoms with Gasteiger partial charge in [-0.15, -0.1) is 11.3 Å². The molecule has 4 N–H and O–H groups in total. The lowest BCUT2D eigenvalue weighted by Gasteiger charge is -2.27. The first-order valence-electron chi connectivity index (χ1n) is 8.70. The van der Waals surface area contributed by atoms with Crippen molar-refractivity contribution in [3.8, 4) is 28.4 Å². The van der Waals surface area contributed by atoms with Crippen molar-refractivity contribution in [3.05, 3.63) is 33.8 Å². The van der Waals surface area contributed by atoms with Gasteiger partial charge in [0.05, 0.1) is 4.88 Å². The zero-order valence-electron chi connectivity index (χ0n) is 14.8. The molecule has 1 saturated heterocycles. The number of hydrogen-bond donors (Lipinski definition) is 3. The van der Waals surface area contributed by atoms with Gasteiger partial charge in [0.25, 0.3) is 0 Å². The SMILES string of the molecule is CC(C)(O)C#Cc1ccc(-c2c(C#N)c(N)nc3c2[C@@H]2CC[C@H](C3)N2)s1. The summed E-state index contributed by atoms with van der Waals surface area (Å²) in [5, 5.41) is 23.1. The van der Waals surface area contributed by atoms with E-state index in [4.69, 9.17) is 5.73 Å². The normalized spacial score (nSPS) is 20.8. The molecule has 4 rings (SSSR count). The van der Waals surface area contributed by atoms with Crippen LogP contribution in [0.2, 0.25) is 0 Å². The fraction of sp³-hybridized carbons (Fsp3) is 0.400. The molecule has 4 heterocycles. The summed E-state index contributed by atoms with van der Waals surface area (Å²) < 4.78 is 0. The molecule has 132 valence electrons. The Morgan fingerprint density at radius 1 is 1.38 bits per heavy atom. The largest absolute Gasteiger partial charge is 0.383 e. The molecule has 2 atom stereocenters. The Morgan fingerprint density at radius 2 is 2.19 bits per heavy atom. The Kier molecular flexibility index (Phi) is 4.00. The van der Waals surface area contributed by atoms with Crippen LogP contribution in [0.1, 0.15) is 54.4 Å². The summed E-state index contributed by atoms with van der Waals surface area (Å²) in [5.74, 6) is 6.15. The van der Waals surface area contributed by atoms with Crippen molar-refractivity contribution >= 4 is 17.2 Å². The van der Waals surface area contributed by atoms with Crippen LogP contribution in [0.5, 0.6) is 0 Å². The number of nitriles is 1. The molecule has 0 saturated carbocycles. The molecule has 26 heavy (non-hydrogen) atoms. The Hall–Kier alpha value is -2.38. The van der Waals surface area contributed by atoms with Crippen LogP contribution in [0, 0.1) is 23.2 Å². The fourth-order valence-electron chi connectivity index (χ4n) is 3.76. The minimum atomic E-state index is -1.04. The lowest BCUT2D eigenvalue weighted by molar-refractivity contribution is 0.143. The van der Waals surface area contributed by atoms with Crippen LogP contribution in [-0.2, 0) is 6.42 Å². The number of nitrogen functional groups attached to an aromatic ring is 1. The van der Waals surface area contributed by atoms with Crippen LogP contribution in [0.4, 0.5) is 5.82 Å². The Labute approximate surface area is 156 Å². The number of anilines is 1. The highest BCUT2D eigenvalue weighted by atomic mass is 32.1. The highest BCUT2D eigenvalue weighted by Crippen LogP contribution is 2.44. The Morgan fingerprint density at radius 3 is 2.92 bits per heavy atom. The molecular formula is C20H20N4OS. The number of pyridine rings is 1. The van der Waals surface area contributed by atoms with Gasteiger partial charge in [-0.2, -0.15) is 5.26 Å². The average Bonchev–Trinajstić information content (AvgIpc) is 3.18. The predicted octanol–water partition coefficient (Wildman–Crippen LogP) is 2.74. The smallest absolute Gasteiger partial charge is 0.142 e. The third kappa shape index (κ3) is 2.97. The first-order chi connectivity index (χ1) is 12.4. The van der Waals surface area contributed by atoms with Crippen LogP contribution >= 0.6 is 11.3 Å². The summed E-state index contributed by atoms with van der Waals surface area (Å²) in [5.41, 5.74) is 8.55. The molecule has 2 aromatic rings. The van der Waals surface area contributed by atoms with Crippen LogP contribution in [-0.4, -0.2) is 21.7 Å². The number of aromatic nitrogens is 1. The topological polar surface area (TPSA) is 95.0 Å². The summed E-state index contributed by atoms with van der Waals surface area (Å²) in [4.78, 5) is 6.37. The molecular weight excluding hydrogens is 344 g/mol. The minimum absolute atomic E-state index is 0.229. The van der Waals surface area contributed by atoms with Crippen molar-refractivity contribution in [1.29, 1.82) is 5.26 Å². The standard InChI is InChI=1S/C20H20N4OS/c1-20(2,25)8-7-12-4-6-16(26-12)17-13(10-21)19(22)24-15-9-11-3-5-14(23-11)18(15)17/h4,6,11,14,23,25H,3,5,9H2,1-2H3,(H2,22,24)/t11-,14+/m1/s1. The number of fused-ring (bicyclic) bond motifs is 4. The molecule has 2 aliphatic rings. The van der Waals surface area contributed by atoms with E-state index >= 15 is 0 Å². The van der Waals surface area contributed by atoms with Gasteiger partial charge in [-0.05, 0) is 38.8 Å². The van der Waals surface area contributed by atoms with E-state index in [1.807, 2.05) is 12.1 Å². The number of aliphatic hydroxyl groups is 1. The van der Waals surface area contributed by atoms with Crippen molar-refractivity contribution in [1.82, 2.24) is 10.3 Å². The number of nitrogens with two attached hydrogens (primary N) is 1. The van der Waals surface area contributed by atoms with Gasteiger partial charge in [-0.1, -0.05) is 11.8 Å². The van der Waals surface area contributed by atoms with E-state index in [9.17, 15) is 10.4 Å². The molecule has 0 aromatic carbocycles. The summed E-state index contributed by atoms with van der Waals surface area (Å²) in [7, 11) is 0. The van der Waals surface area contributed by atoms with Crippen molar-refractivity contribution in [3.63, 3.8) is 0 Å². The van der Waals surface area contributed by atoms with Crippen molar-refractivity contribution in [2.75, 3.05) is 5.73 Å². The zero-order valence-corrected chi connectivity index (χ0v) is 15.6. The summed E-state index contributed by atoms with van der Waals surface area (Å²) in [6, 6.07) is 6.84. The molecule has 0 radical (unpaired) electrons. The Balaban J connectivity index is 1.87. The van der Waals surface area contributed by atoms with Gasteiger partial charge in [-0.3, -0.25) is 0 Å². The molecule has 5 nitrogen and oxygen atoms in total. The first kappa shape index (κ1) is 17.1. The quantitative estimate of drug-likeness (QED) is 0.676. The van der Waals surface area contributed by atoms with E-state index in [1.54, 1.807) is 13.8 Å². The van der Waals surface area contributed by atoms with Gasteiger partial charge in [0, 0.05) is 40.2 Å². The molecule has 0 unspecified atom stereocenters. The first-order valence-corrected chi connectivity index (χ1v) is 9.51. The molecule has 0 spiro atoms. The molecule has 2 bridgehead atoms. The van der Waals surface area contributed by atoms with Gasteiger partial charge in [0.1, 0.15) is 23.1 Å². The molecule has 0 aliphatic carbocycles. The lowest BCUT2D eigenvalue weighted by atomic mass is 9.91. The maximum absolute atomic E-state index is 9.81. The highest BCUT2D eigenvalue weighted by Gasteiger charge is 2.36. The second-order valence-electron chi connectivity index (χ2n) is 7.39. The third-order valence-corrected chi connectivity index (χ3v) is 5.84. The van der Waals surface area contributed by atoms with E-state index < -0.39 is 5.60 Å². The van der Waals surface area contributed by atoms with Crippen molar-refractivity contribution < 1.29 is 5.11 Å². The molecule has 0 amide bonds. The van der Waals surface area contributed by atoms with Crippen molar-refractivity contribution in [2.45, 2.75) is 50.8 Å². The van der Waals surface area contributed by atoms with E-state index in [-0.39, 0.29) is 6.04 Å². The van der Waals surface area contributed by atoms with Crippen LogP contribution < -0.4 is 11.1 Å². The maximum Gasteiger partial charge on any atom is 0.142 e. The van der Waals surface area contributed by atoms with Crippen LogP contribution in [0.25, 0.3) is 10.4 Å². The van der Waals surface area contributed by atoms with Gasteiger partial charge in [0.2, 0.25) is 0 Å². The van der Waals surface area contributed by atoms with E-state index in [2.05, 4.69) is 28.2 Å². The van der Waals surface area contributed by atoms with E-state index in [1.165, 1.54) is 11.3 Å². The number of thiophene rings is 1. The van der Waals surface area contributed by atoms with Crippen LogP contribution in [0.15, 0.2) is 12.1 Å². The van der Waals surface area contributed by atoms with Gasteiger partial charge < -0.3 is 16.2 Å². The average molecular weight is 364 g/mol. The number of rotatable bonds is 1. The number of nitrogens with zero attached hydrogens (tertiary/aromatic N) is 2. The predicted molar refractivity (Wildman–Crippen MR) is 102 cm³/mol. The zero-order chi connectivity index (χ0) is 18.5. The van der Waals surface area contributed by atoms with Crippen LogP contribution in [0.3, 0.4) is 0 Å². The lowest BCUT2D eigenvalue weighted by Crippen LogP contribution is -2.33. The monoisotopic (exact) mass is 364 g/mol. The van der Waals surface area contributed by atoms with Gasteiger partial charge in [0.15, 0.2) is 0 Å². The highest BCUT2D eigenvalue weighted by molar-refractivity contribution is 7.16. The number of nitrogens with one attached hydrogen (secondary N) is 1. The fourth-order valence-corrected chi connectivity index (χ4v) is 4.69. The molecule has 2 aliphatic heterocycles. The summed E-state index contributed by atoms with van der Waals surface area (Å²) in [6.45, 7) is 3.31. The van der Waals surface area contributed by atoms with Gasteiger partial charge >= 0.3 is 0 Å².